The number of nitrogens with zero attached hydrogens (tertiary/aromatic N) is 3. The highest BCUT2D eigenvalue weighted by atomic mass is 35.5. The third kappa shape index (κ3) is 1.93. The van der Waals surface area contributed by atoms with Gasteiger partial charge in [0, 0.05) is 22.9 Å². The molecule has 3 rings (SSSR count). The number of ether oxygens (including phenoxy) is 1. The maximum absolute atomic E-state index is 6.33. The summed E-state index contributed by atoms with van der Waals surface area (Å²) in [6, 6.07) is 9.67. The zero-order valence-electron chi connectivity index (χ0n) is 11.5. The fraction of sp³-hybridized carbons (Fsp3) is 0.200. The van der Waals surface area contributed by atoms with E-state index in [0.29, 0.717) is 5.15 Å². The van der Waals surface area contributed by atoms with Crippen LogP contribution in [0.25, 0.3) is 16.9 Å². The summed E-state index contributed by atoms with van der Waals surface area (Å²) in [6.07, 6.45) is 0. The lowest BCUT2D eigenvalue weighted by atomic mass is 10.1. The molecule has 3 aromatic rings. The molecule has 4 nitrogen and oxygen atoms in total. The van der Waals surface area contributed by atoms with E-state index in [4.69, 9.17) is 16.3 Å². The Morgan fingerprint density at radius 2 is 1.95 bits per heavy atom. The molecule has 0 N–H and O–H groups in total. The van der Waals surface area contributed by atoms with Crippen molar-refractivity contribution in [3.8, 4) is 17.0 Å². The van der Waals surface area contributed by atoms with Gasteiger partial charge >= 0.3 is 0 Å². The van der Waals surface area contributed by atoms with Crippen molar-refractivity contribution >= 4 is 17.2 Å². The van der Waals surface area contributed by atoms with Gasteiger partial charge in [-0.15, -0.1) is 0 Å². The van der Waals surface area contributed by atoms with Gasteiger partial charge in [0.1, 0.15) is 10.9 Å². The van der Waals surface area contributed by atoms with Gasteiger partial charge in [-0.1, -0.05) is 23.7 Å². The van der Waals surface area contributed by atoms with Crippen LogP contribution in [-0.2, 0) is 0 Å². The van der Waals surface area contributed by atoms with E-state index in [0.717, 1.165) is 33.9 Å². The lowest BCUT2D eigenvalue weighted by Crippen LogP contribution is -1.98. The average Bonchev–Trinajstić information content (AvgIpc) is 2.88. The van der Waals surface area contributed by atoms with E-state index in [9.17, 15) is 0 Å². The molecular formula is C15H14ClN3O. The maximum atomic E-state index is 6.33. The van der Waals surface area contributed by atoms with E-state index < -0.39 is 0 Å². The normalized spacial score (nSPS) is 11.0. The number of benzene rings is 1. The number of fused-ring (bicyclic) bond motifs is 1. The molecule has 0 fully saturated rings. The Hall–Kier alpha value is -2.07. The minimum absolute atomic E-state index is 0.591. The Bertz CT molecular complexity index is 795. The Labute approximate surface area is 122 Å². The predicted octanol–water partition coefficient (Wildman–Crippen LogP) is 3.68. The molecule has 0 saturated heterocycles. The van der Waals surface area contributed by atoms with Crippen LogP contribution in [0.1, 0.15) is 11.3 Å². The smallest absolute Gasteiger partial charge is 0.157 e. The van der Waals surface area contributed by atoms with Gasteiger partial charge in [-0.2, -0.15) is 5.10 Å². The molecule has 0 aliphatic heterocycles. The van der Waals surface area contributed by atoms with Crippen LogP contribution in [0.5, 0.6) is 5.75 Å². The minimum atomic E-state index is 0.591. The number of rotatable bonds is 2. The first-order chi connectivity index (χ1) is 9.61. The number of aryl methyl sites for hydroxylation is 1. The topological polar surface area (TPSA) is 39.4 Å². The quantitative estimate of drug-likeness (QED) is 0.675. The first-order valence-electron chi connectivity index (χ1n) is 6.27. The summed E-state index contributed by atoms with van der Waals surface area (Å²) in [5.74, 6) is 0.778. The molecule has 2 heterocycles. The van der Waals surface area contributed by atoms with Crippen molar-refractivity contribution in [3.05, 3.63) is 46.7 Å². The summed E-state index contributed by atoms with van der Waals surface area (Å²) in [7, 11) is 1.65. The van der Waals surface area contributed by atoms with Crippen LogP contribution in [0, 0.1) is 13.8 Å². The van der Waals surface area contributed by atoms with Gasteiger partial charge in [-0.05, 0) is 26.0 Å². The summed E-state index contributed by atoms with van der Waals surface area (Å²) < 4.78 is 7.03. The van der Waals surface area contributed by atoms with Gasteiger partial charge in [0.2, 0.25) is 0 Å². The summed E-state index contributed by atoms with van der Waals surface area (Å²) in [4.78, 5) is 4.51. The number of para-hydroxylation sites is 1. The standard InChI is InChI=1S/C15H14ClN3O/c1-9-10(2)17-14-8-12(18-19(14)15(9)16)11-6-4-5-7-13(11)20-3/h4-8H,1-3H3. The molecule has 0 bridgehead atoms. The molecule has 0 amide bonds. The van der Waals surface area contributed by atoms with Crippen LogP contribution in [0.15, 0.2) is 30.3 Å². The van der Waals surface area contributed by atoms with Gasteiger partial charge in [0.05, 0.1) is 12.8 Å². The van der Waals surface area contributed by atoms with Crippen LogP contribution in [0.4, 0.5) is 0 Å². The van der Waals surface area contributed by atoms with E-state index in [2.05, 4.69) is 10.1 Å². The fourth-order valence-electron chi connectivity index (χ4n) is 2.15. The molecular weight excluding hydrogens is 274 g/mol. The zero-order valence-corrected chi connectivity index (χ0v) is 12.3. The van der Waals surface area contributed by atoms with E-state index in [1.54, 1.807) is 11.6 Å². The van der Waals surface area contributed by atoms with Crippen LogP contribution in [0.2, 0.25) is 5.15 Å². The minimum Gasteiger partial charge on any atom is -0.496 e. The SMILES string of the molecule is COc1ccccc1-c1cc2nc(C)c(C)c(Cl)n2n1. The lowest BCUT2D eigenvalue weighted by Gasteiger charge is -2.05. The molecule has 20 heavy (non-hydrogen) atoms. The molecule has 0 saturated carbocycles. The number of hydrogen-bond donors (Lipinski definition) is 0. The molecule has 0 unspecified atom stereocenters. The van der Waals surface area contributed by atoms with Crippen molar-refractivity contribution in [1.82, 2.24) is 14.6 Å². The lowest BCUT2D eigenvalue weighted by molar-refractivity contribution is 0.416. The second-order valence-corrected chi connectivity index (χ2v) is 4.97. The average molecular weight is 288 g/mol. The van der Waals surface area contributed by atoms with E-state index in [1.165, 1.54) is 0 Å². The molecule has 0 atom stereocenters. The third-order valence-electron chi connectivity index (χ3n) is 3.39. The Morgan fingerprint density at radius 3 is 2.70 bits per heavy atom. The van der Waals surface area contributed by atoms with E-state index >= 15 is 0 Å². The van der Waals surface area contributed by atoms with Gasteiger partial charge in [0.25, 0.3) is 0 Å². The second kappa shape index (κ2) is 4.80. The van der Waals surface area contributed by atoms with Crippen molar-refractivity contribution in [2.24, 2.45) is 0 Å². The molecule has 1 aromatic carbocycles. The largest absolute Gasteiger partial charge is 0.496 e. The molecule has 0 aliphatic rings. The number of halogens is 1. The van der Waals surface area contributed by atoms with Crippen molar-refractivity contribution in [2.75, 3.05) is 7.11 Å². The van der Waals surface area contributed by atoms with Crippen molar-refractivity contribution < 1.29 is 4.74 Å². The molecule has 0 aliphatic carbocycles. The maximum Gasteiger partial charge on any atom is 0.157 e. The van der Waals surface area contributed by atoms with Crippen LogP contribution in [0.3, 0.4) is 0 Å². The monoisotopic (exact) mass is 287 g/mol. The highest BCUT2D eigenvalue weighted by Crippen LogP contribution is 2.30. The summed E-state index contributed by atoms with van der Waals surface area (Å²) in [6.45, 7) is 3.88. The van der Waals surface area contributed by atoms with Crippen LogP contribution in [-0.4, -0.2) is 21.7 Å². The number of methoxy groups -OCH3 is 1. The summed E-state index contributed by atoms with van der Waals surface area (Å²) in [5.41, 5.74) is 4.30. The van der Waals surface area contributed by atoms with Crippen molar-refractivity contribution in [2.45, 2.75) is 13.8 Å². The molecule has 0 radical (unpaired) electrons. The third-order valence-corrected chi connectivity index (χ3v) is 3.84. The van der Waals surface area contributed by atoms with Gasteiger partial charge in [-0.25, -0.2) is 9.50 Å². The highest BCUT2D eigenvalue weighted by molar-refractivity contribution is 6.30. The highest BCUT2D eigenvalue weighted by Gasteiger charge is 2.13. The van der Waals surface area contributed by atoms with Crippen LogP contribution < -0.4 is 4.74 Å². The summed E-state index contributed by atoms with van der Waals surface area (Å²) in [5, 5.41) is 5.13. The van der Waals surface area contributed by atoms with E-state index in [-0.39, 0.29) is 0 Å². The number of hydrogen-bond acceptors (Lipinski definition) is 3. The van der Waals surface area contributed by atoms with Crippen molar-refractivity contribution in [1.29, 1.82) is 0 Å². The van der Waals surface area contributed by atoms with E-state index in [1.807, 2.05) is 44.2 Å². The first-order valence-corrected chi connectivity index (χ1v) is 6.65. The Morgan fingerprint density at radius 1 is 1.20 bits per heavy atom. The van der Waals surface area contributed by atoms with Crippen LogP contribution >= 0.6 is 11.6 Å². The first kappa shape index (κ1) is 12.9. The molecule has 5 heteroatoms. The number of aromatic nitrogens is 3. The van der Waals surface area contributed by atoms with Gasteiger partial charge in [0.15, 0.2) is 5.65 Å². The molecule has 102 valence electrons. The fourth-order valence-corrected chi connectivity index (χ4v) is 2.41. The zero-order chi connectivity index (χ0) is 14.3. The Balaban J connectivity index is 2.26. The van der Waals surface area contributed by atoms with Gasteiger partial charge in [-0.3, -0.25) is 0 Å². The molecule has 2 aromatic heterocycles. The molecule has 0 spiro atoms. The van der Waals surface area contributed by atoms with Crippen molar-refractivity contribution in [3.63, 3.8) is 0 Å². The Kier molecular flexibility index (Phi) is 3.10. The van der Waals surface area contributed by atoms with Gasteiger partial charge < -0.3 is 4.74 Å². The second-order valence-electron chi connectivity index (χ2n) is 4.61. The summed E-state index contributed by atoms with van der Waals surface area (Å²) >= 11 is 6.33. The predicted molar refractivity (Wildman–Crippen MR) is 79.5 cm³/mol.